The molecule has 0 unspecified atom stereocenters. The van der Waals surface area contributed by atoms with Crippen LogP contribution in [0.25, 0.3) is 0 Å². The topological polar surface area (TPSA) is 36.0 Å². The second-order valence-corrected chi connectivity index (χ2v) is 9.04. The van der Waals surface area contributed by atoms with E-state index in [1.165, 1.54) is 5.56 Å². The molecule has 1 fully saturated rings. The van der Waals surface area contributed by atoms with E-state index >= 15 is 0 Å². The zero-order chi connectivity index (χ0) is 20.2. The Labute approximate surface area is 169 Å². The third-order valence-corrected chi connectivity index (χ3v) is 5.09. The Morgan fingerprint density at radius 1 is 1.22 bits per heavy atom. The highest BCUT2D eigenvalue weighted by Crippen LogP contribution is 2.29. The minimum absolute atomic E-state index is 0.237. The van der Waals surface area contributed by atoms with Gasteiger partial charge in [-0.05, 0) is 64.4 Å². The van der Waals surface area contributed by atoms with Gasteiger partial charge in [0.05, 0.1) is 0 Å². The average Bonchev–Trinajstić information content (AvgIpc) is 2.54. The minimum atomic E-state index is -0.480. The Morgan fingerprint density at radius 2 is 1.85 bits per heavy atom. The molecule has 1 aliphatic rings. The Kier molecular flexibility index (Phi) is 7.55. The van der Waals surface area contributed by atoms with Crippen LogP contribution in [-0.2, 0) is 4.74 Å². The Hall–Kier alpha value is -1.30. The van der Waals surface area contributed by atoms with E-state index in [9.17, 15) is 4.79 Å². The van der Waals surface area contributed by atoms with Gasteiger partial charge in [-0.2, -0.15) is 0 Å². The largest absolute Gasteiger partial charge is 0.444 e. The third kappa shape index (κ3) is 6.98. The lowest BCUT2D eigenvalue weighted by atomic mass is 9.99. The lowest BCUT2D eigenvalue weighted by Crippen LogP contribution is -2.46. The number of hydrogen-bond donors (Lipinski definition) is 0. The molecule has 152 valence electrons. The molecule has 27 heavy (non-hydrogen) atoms. The number of carbonyl (C=O) groups is 1. The maximum absolute atomic E-state index is 12.3. The standard InChI is InChI=1S/C21H34ClN3O2/c1-16-13-17(15-18(22)14-16)19(25-11-9-23(5)10-12-25)7-8-24(6)20(26)27-21(2,3)4/h13-15,19H,7-12H2,1-6H3/t19-/m0/s1. The fourth-order valence-corrected chi connectivity index (χ4v) is 3.70. The molecule has 6 heteroatoms. The number of amides is 1. The number of benzene rings is 1. The number of rotatable bonds is 5. The van der Waals surface area contributed by atoms with Gasteiger partial charge in [0.2, 0.25) is 0 Å². The van der Waals surface area contributed by atoms with Gasteiger partial charge in [0.15, 0.2) is 0 Å². The van der Waals surface area contributed by atoms with Crippen molar-refractivity contribution >= 4 is 17.7 Å². The third-order valence-electron chi connectivity index (χ3n) is 4.87. The second-order valence-electron chi connectivity index (χ2n) is 8.61. The molecule has 5 nitrogen and oxygen atoms in total. The highest BCUT2D eigenvalue weighted by atomic mass is 35.5. The van der Waals surface area contributed by atoms with Gasteiger partial charge in [0.1, 0.15) is 5.60 Å². The molecule has 1 aromatic carbocycles. The summed E-state index contributed by atoms with van der Waals surface area (Å²) >= 11 is 6.33. The molecule has 0 radical (unpaired) electrons. The first kappa shape index (κ1) is 22.0. The summed E-state index contributed by atoms with van der Waals surface area (Å²) in [5.74, 6) is 0. The smallest absolute Gasteiger partial charge is 0.410 e. The molecule has 1 saturated heterocycles. The molecule has 2 rings (SSSR count). The van der Waals surface area contributed by atoms with Gasteiger partial charge in [-0.25, -0.2) is 4.79 Å². The first-order chi connectivity index (χ1) is 12.5. The van der Waals surface area contributed by atoms with Crippen molar-refractivity contribution in [3.63, 3.8) is 0 Å². The van der Waals surface area contributed by atoms with Crippen LogP contribution >= 0.6 is 11.6 Å². The van der Waals surface area contributed by atoms with Crippen LogP contribution in [0, 0.1) is 6.92 Å². The number of likely N-dealkylation sites (N-methyl/N-ethyl adjacent to an activating group) is 1. The van der Waals surface area contributed by atoms with E-state index < -0.39 is 5.60 Å². The van der Waals surface area contributed by atoms with Crippen molar-refractivity contribution < 1.29 is 9.53 Å². The van der Waals surface area contributed by atoms with Gasteiger partial charge in [-0.1, -0.05) is 17.7 Å². The van der Waals surface area contributed by atoms with E-state index in [1.807, 2.05) is 26.8 Å². The molecule has 1 atom stereocenters. The van der Waals surface area contributed by atoms with Gasteiger partial charge >= 0.3 is 6.09 Å². The summed E-state index contributed by atoms with van der Waals surface area (Å²) in [7, 11) is 3.96. The quantitative estimate of drug-likeness (QED) is 0.748. The Bertz CT molecular complexity index is 617. The van der Waals surface area contributed by atoms with Crippen molar-refractivity contribution in [1.29, 1.82) is 0 Å². The van der Waals surface area contributed by atoms with Crippen LogP contribution in [0.3, 0.4) is 0 Å². The van der Waals surface area contributed by atoms with Gasteiger partial charge < -0.3 is 14.5 Å². The number of ether oxygens (including phenoxy) is 1. The monoisotopic (exact) mass is 395 g/mol. The number of nitrogens with zero attached hydrogens (tertiary/aromatic N) is 3. The first-order valence-corrected chi connectivity index (χ1v) is 10.1. The lowest BCUT2D eigenvalue weighted by molar-refractivity contribution is 0.0273. The summed E-state index contributed by atoms with van der Waals surface area (Å²) in [4.78, 5) is 18.8. The molecule has 1 aromatic rings. The lowest BCUT2D eigenvalue weighted by Gasteiger charge is -2.39. The fraction of sp³-hybridized carbons (Fsp3) is 0.667. The van der Waals surface area contributed by atoms with Crippen molar-refractivity contribution in [2.45, 2.75) is 45.8 Å². The van der Waals surface area contributed by atoms with E-state index in [2.05, 4.69) is 35.9 Å². The van der Waals surface area contributed by atoms with Crippen molar-refractivity contribution in [2.75, 3.05) is 46.8 Å². The van der Waals surface area contributed by atoms with Crippen molar-refractivity contribution in [1.82, 2.24) is 14.7 Å². The van der Waals surface area contributed by atoms with E-state index in [1.54, 1.807) is 11.9 Å². The predicted molar refractivity (Wildman–Crippen MR) is 111 cm³/mol. The number of aryl methyl sites for hydroxylation is 1. The number of halogens is 1. The normalized spacial score (nSPS) is 17.6. The maximum atomic E-state index is 12.3. The highest BCUT2D eigenvalue weighted by molar-refractivity contribution is 6.30. The zero-order valence-electron chi connectivity index (χ0n) is 17.6. The van der Waals surface area contributed by atoms with Gasteiger partial charge in [0.25, 0.3) is 0 Å². The van der Waals surface area contributed by atoms with Crippen LogP contribution in [0.4, 0.5) is 4.79 Å². The molecule has 0 aromatic heterocycles. The molecule has 0 aliphatic carbocycles. The zero-order valence-corrected chi connectivity index (χ0v) is 18.3. The maximum Gasteiger partial charge on any atom is 0.410 e. The van der Waals surface area contributed by atoms with Crippen LogP contribution < -0.4 is 0 Å². The summed E-state index contributed by atoms with van der Waals surface area (Å²) < 4.78 is 5.48. The molecular weight excluding hydrogens is 362 g/mol. The van der Waals surface area contributed by atoms with E-state index in [0.717, 1.165) is 43.2 Å². The summed E-state index contributed by atoms with van der Waals surface area (Å²) in [5.41, 5.74) is 1.91. The van der Waals surface area contributed by atoms with E-state index in [-0.39, 0.29) is 12.1 Å². The SMILES string of the molecule is Cc1cc(Cl)cc([C@H](CCN(C)C(=O)OC(C)(C)C)N2CCN(C)CC2)c1. The summed E-state index contributed by atoms with van der Waals surface area (Å²) in [6.45, 7) is 12.5. The van der Waals surface area contributed by atoms with E-state index in [4.69, 9.17) is 16.3 Å². The van der Waals surface area contributed by atoms with Crippen LogP contribution in [0.5, 0.6) is 0 Å². The summed E-state index contributed by atoms with van der Waals surface area (Å²) in [6, 6.07) is 6.49. The molecular formula is C21H34ClN3O2. The van der Waals surface area contributed by atoms with E-state index in [0.29, 0.717) is 6.54 Å². The molecule has 1 aliphatic heterocycles. The van der Waals surface area contributed by atoms with Gasteiger partial charge in [0, 0.05) is 50.8 Å². The molecule has 0 spiro atoms. The first-order valence-electron chi connectivity index (χ1n) is 9.69. The molecule has 0 saturated carbocycles. The number of carbonyl (C=O) groups excluding carboxylic acids is 1. The minimum Gasteiger partial charge on any atom is -0.444 e. The van der Waals surface area contributed by atoms with Crippen LogP contribution in [0.2, 0.25) is 5.02 Å². The number of hydrogen-bond acceptors (Lipinski definition) is 4. The molecule has 1 amide bonds. The fourth-order valence-electron chi connectivity index (χ4n) is 3.40. The van der Waals surface area contributed by atoms with Crippen LogP contribution in [0.15, 0.2) is 18.2 Å². The van der Waals surface area contributed by atoms with Crippen LogP contribution in [0.1, 0.15) is 44.4 Å². The summed E-state index contributed by atoms with van der Waals surface area (Å²) in [5, 5.41) is 0.768. The average molecular weight is 396 g/mol. The summed E-state index contributed by atoms with van der Waals surface area (Å²) in [6.07, 6.45) is 0.570. The van der Waals surface area contributed by atoms with Crippen molar-refractivity contribution in [2.24, 2.45) is 0 Å². The highest BCUT2D eigenvalue weighted by Gasteiger charge is 2.26. The molecule has 0 bridgehead atoms. The van der Waals surface area contributed by atoms with Gasteiger partial charge in [-0.15, -0.1) is 0 Å². The van der Waals surface area contributed by atoms with Crippen molar-refractivity contribution in [3.05, 3.63) is 34.3 Å². The molecule has 0 N–H and O–H groups in total. The van der Waals surface area contributed by atoms with Crippen LogP contribution in [-0.4, -0.2) is 73.2 Å². The van der Waals surface area contributed by atoms with Gasteiger partial charge in [-0.3, -0.25) is 4.90 Å². The Morgan fingerprint density at radius 3 is 2.41 bits per heavy atom. The predicted octanol–water partition coefficient (Wildman–Crippen LogP) is 4.19. The molecule has 1 heterocycles. The second kappa shape index (κ2) is 9.26. The Balaban J connectivity index is 2.11. The number of piperazine rings is 1. The van der Waals surface area contributed by atoms with Crippen molar-refractivity contribution in [3.8, 4) is 0 Å².